The monoisotopic (exact) mass is 192 g/mol. The van der Waals surface area contributed by atoms with Gasteiger partial charge in [0.1, 0.15) is 5.78 Å². The van der Waals surface area contributed by atoms with Crippen molar-refractivity contribution in [2.75, 3.05) is 0 Å². The molecule has 0 unspecified atom stereocenters. The molecule has 2 saturated carbocycles. The topological polar surface area (TPSA) is 17.1 Å². The maximum absolute atomic E-state index is 11.8. The highest BCUT2D eigenvalue weighted by Gasteiger charge is 2.60. The summed E-state index contributed by atoms with van der Waals surface area (Å²) in [5.74, 6) is 0.780. The van der Waals surface area contributed by atoms with Crippen molar-refractivity contribution in [1.82, 2.24) is 0 Å². The van der Waals surface area contributed by atoms with Gasteiger partial charge in [-0.3, -0.25) is 4.79 Å². The van der Waals surface area contributed by atoms with Gasteiger partial charge in [-0.15, -0.1) is 0 Å². The molecule has 2 aliphatic rings. The molecule has 0 aromatic heterocycles. The quantitative estimate of drug-likeness (QED) is 0.538. The normalized spacial score (nSPS) is 37.8. The Hall–Kier alpha value is -0.590. The molecule has 0 aliphatic heterocycles. The van der Waals surface area contributed by atoms with Crippen LogP contribution in [0.2, 0.25) is 0 Å². The van der Waals surface area contributed by atoms with E-state index in [1.807, 2.05) is 0 Å². The van der Waals surface area contributed by atoms with E-state index in [-0.39, 0.29) is 10.8 Å². The van der Waals surface area contributed by atoms with Crippen molar-refractivity contribution >= 4 is 5.78 Å². The van der Waals surface area contributed by atoms with E-state index in [0.29, 0.717) is 11.7 Å². The van der Waals surface area contributed by atoms with E-state index in [1.165, 1.54) is 12.0 Å². The second kappa shape index (κ2) is 2.71. The highest BCUT2D eigenvalue weighted by atomic mass is 16.1. The fourth-order valence-electron chi connectivity index (χ4n) is 3.60. The summed E-state index contributed by atoms with van der Waals surface area (Å²) in [5, 5.41) is 0. The molecule has 0 aromatic carbocycles. The summed E-state index contributed by atoms with van der Waals surface area (Å²) in [6.07, 6.45) is 3.99. The first-order valence-electron chi connectivity index (χ1n) is 5.60. The molecular formula is C13H20O. The number of rotatable bonds is 0. The molecule has 2 atom stereocenters. The lowest BCUT2D eigenvalue weighted by molar-refractivity contribution is -0.141. The average Bonchev–Trinajstić information content (AvgIpc) is 2.04. The maximum atomic E-state index is 11.8. The van der Waals surface area contributed by atoms with Gasteiger partial charge in [-0.1, -0.05) is 32.9 Å². The molecule has 2 fully saturated rings. The van der Waals surface area contributed by atoms with E-state index in [9.17, 15) is 4.79 Å². The summed E-state index contributed by atoms with van der Waals surface area (Å²) in [6.45, 7) is 10.9. The summed E-state index contributed by atoms with van der Waals surface area (Å²) in [5.41, 5.74) is 1.66. The van der Waals surface area contributed by atoms with E-state index in [0.717, 1.165) is 19.3 Å². The third-order valence-electron chi connectivity index (χ3n) is 4.40. The summed E-state index contributed by atoms with van der Waals surface area (Å²) < 4.78 is 0. The van der Waals surface area contributed by atoms with Gasteiger partial charge in [0.05, 0.1) is 0 Å². The lowest BCUT2D eigenvalue weighted by atomic mass is 9.42. The molecule has 0 amide bonds. The Bertz CT molecular complexity index is 295. The third-order valence-corrected chi connectivity index (χ3v) is 4.40. The average molecular weight is 192 g/mol. The molecule has 0 saturated heterocycles. The minimum Gasteiger partial charge on any atom is -0.299 e. The molecule has 0 bridgehead atoms. The predicted molar refractivity (Wildman–Crippen MR) is 58.0 cm³/mol. The number of ketones is 1. The fraction of sp³-hybridized carbons (Fsp3) is 0.769. The highest BCUT2D eigenvalue weighted by Crippen LogP contribution is 2.65. The van der Waals surface area contributed by atoms with Gasteiger partial charge < -0.3 is 0 Å². The zero-order valence-electron chi connectivity index (χ0n) is 9.52. The van der Waals surface area contributed by atoms with Crippen LogP contribution in [-0.4, -0.2) is 5.78 Å². The standard InChI is InChI=1S/C13H20O/c1-9-8-10-11(14)6-5-7-13(9,10)12(2,3)4/h10H,1,5-8H2,2-4H3/t10-,13+/m0/s1. The SMILES string of the molecule is C=C1C[C@H]2C(=O)CCC[C@@]12C(C)(C)C. The number of carbonyl (C=O) groups excluding carboxylic acids is 1. The van der Waals surface area contributed by atoms with Gasteiger partial charge >= 0.3 is 0 Å². The first kappa shape index (κ1) is 9.95. The molecule has 0 spiro atoms. The molecular weight excluding hydrogens is 172 g/mol. The Morgan fingerprint density at radius 2 is 2.07 bits per heavy atom. The second-order valence-corrected chi connectivity index (χ2v) is 5.90. The van der Waals surface area contributed by atoms with Crippen molar-refractivity contribution in [2.24, 2.45) is 16.7 Å². The number of allylic oxidation sites excluding steroid dienone is 1. The highest BCUT2D eigenvalue weighted by molar-refractivity contribution is 5.85. The van der Waals surface area contributed by atoms with Gasteiger partial charge in [-0.2, -0.15) is 0 Å². The first-order chi connectivity index (χ1) is 6.39. The van der Waals surface area contributed by atoms with Gasteiger partial charge in [-0.25, -0.2) is 0 Å². The van der Waals surface area contributed by atoms with Crippen molar-refractivity contribution in [1.29, 1.82) is 0 Å². The Balaban J connectivity index is 2.38. The van der Waals surface area contributed by atoms with Crippen LogP contribution in [-0.2, 0) is 4.79 Å². The molecule has 0 radical (unpaired) electrons. The van der Waals surface area contributed by atoms with Crippen molar-refractivity contribution in [3.05, 3.63) is 12.2 Å². The van der Waals surface area contributed by atoms with E-state index in [2.05, 4.69) is 27.4 Å². The summed E-state index contributed by atoms with van der Waals surface area (Å²) in [6, 6.07) is 0. The van der Waals surface area contributed by atoms with Gasteiger partial charge in [0.15, 0.2) is 0 Å². The zero-order chi connectivity index (χ0) is 10.6. The summed E-state index contributed by atoms with van der Waals surface area (Å²) in [7, 11) is 0. The van der Waals surface area contributed by atoms with Crippen LogP contribution in [0.25, 0.3) is 0 Å². The number of hydrogen-bond acceptors (Lipinski definition) is 1. The molecule has 0 aromatic rings. The van der Waals surface area contributed by atoms with Crippen LogP contribution in [0.15, 0.2) is 12.2 Å². The predicted octanol–water partition coefficient (Wildman–Crippen LogP) is 3.35. The molecule has 14 heavy (non-hydrogen) atoms. The van der Waals surface area contributed by atoms with Gasteiger partial charge in [0.2, 0.25) is 0 Å². The number of Topliss-reactive ketones (excluding diaryl/α,β-unsaturated/α-hetero) is 1. The molecule has 78 valence electrons. The lowest BCUT2D eigenvalue weighted by Gasteiger charge is -2.61. The van der Waals surface area contributed by atoms with E-state index in [1.54, 1.807) is 0 Å². The Morgan fingerprint density at radius 3 is 2.50 bits per heavy atom. The van der Waals surface area contributed by atoms with Crippen LogP contribution in [0, 0.1) is 16.7 Å². The summed E-state index contributed by atoms with van der Waals surface area (Å²) in [4.78, 5) is 11.8. The molecule has 1 nitrogen and oxygen atoms in total. The Morgan fingerprint density at radius 1 is 1.43 bits per heavy atom. The number of carbonyl (C=O) groups is 1. The van der Waals surface area contributed by atoms with Crippen molar-refractivity contribution in [2.45, 2.75) is 46.5 Å². The first-order valence-corrected chi connectivity index (χ1v) is 5.60. The largest absolute Gasteiger partial charge is 0.299 e. The van der Waals surface area contributed by atoms with Gasteiger partial charge in [0, 0.05) is 17.8 Å². The maximum Gasteiger partial charge on any atom is 0.137 e. The molecule has 0 N–H and O–H groups in total. The minimum atomic E-state index is 0.141. The van der Waals surface area contributed by atoms with E-state index in [4.69, 9.17) is 0 Å². The lowest BCUT2D eigenvalue weighted by Crippen LogP contribution is -2.56. The van der Waals surface area contributed by atoms with Crippen LogP contribution < -0.4 is 0 Å². The van der Waals surface area contributed by atoms with Crippen molar-refractivity contribution in [3.8, 4) is 0 Å². The Labute approximate surface area is 86.6 Å². The van der Waals surface area contributed by atoms with Crippen LogP contribution in [0.4, 0.5) is 0 Å². The Kier molecular flexibility index (Phi) is 1.93. The van der Waals surface area contributed by atoms with Crippen molar-refractivity contribution < 1.29 is 4.79 Å². The molecule has 2 rings (SSSR count). The minimum absolute atomic E-state index is 0.141. The number of fused-ring (bicyclic) bond motifs is 1. The second-order valence-electron chi connectivity index (χ2n) is 5.90. The van der Waals surface area contributed by atoms with Crippen LogP contribution in [0.1, 0.15) is 46.5 Å². The molecule has 2 aliphatic carbocycles. The molecule has 1 heteroatoms. The molecule has 0 heterocycles. The zero-order valence-corrected chi connectivity index (χ0v) is 9.52. The van der Waals surface area contributed by atoms with Crippen LogP contribution in [0.5, 0.6) is 0 Å². The number of hydrogen-bond donors (Lipinski definition) is 0. The van der Waals surface area contributed by atoms with Crippen LogP contribution >= 0.6 is 0 Å². The smallest absolute Gasteiger partial charge is 0.137 e. The van der Waals surface area contributed by atoms with E-state index < -0.39 is 0 Å². The van der Waals surface area contributed by atoms with Gasteiger partial charge in [-0.05, 0) is 24.7 Å². The van der Waals surface area contributed by atoms with Gasteiger partial charge in [0.25, 0.3) is 0 Å². The summed E-state index contributed by atoms with van der Waals surface area (Å²) >= 11 is 0. The van der Waals surface area contributed by atoms with E-state index >= 15 is 0 Å². The third kappa shape index (κ3) is 0.986. The van der Waals surface area contributed by atoms with Crippen molar-refractivity contribution in [3.63, 3.8) is 0 Å². The van der Waals surface area contributed by atoms with Crippen LogP contribution in [0.3, 0.4) is 0 Å². The fourth-order valence-corrected chi connectivity index (χ4v) is 3.60.